The molecule has 0 saturated carbocycles. The molecule has 0 bridgehead atoms. The molecule has 0 atom stereocenters. The molecule has 3 nitrogen and oxygen atoms in total. The molecule has 0 aliphatic carbocycles. The van der Waals surface area contributed by atoms with Crippen LogP contribution in [0.3, 0.4) is 0 Å². The Hall–Kier alpha value is -0.870. The van der Waals surface area contributed by atoms with Crippen molar-refractivity contribution in [1.29, 1.82) is 0 Å². The van der Waals surface area contributed by atoms with Crippen molar-refractivity contribution in [1.82, 2.24) is 0 Å². The summed E-state index contributed by atoms with van der Waals surface area (Å²) in [7, 11) is 1.58. The molecule has 0 radical (unpaired) electrons. The molecule has 0 spiro atoms. The van der Waals surface area contributed by atoms with Gasteiger partial charge in [-0.25, -0.2) is 0 Å². The van der Waals surface area contributed by atoms with Gasteiger partial charge >= 0.3 is 0 Å². The first-order valence-electron chi connectivity index (χ1n) is 5.23. The first kappa shape index (κ1) is 13.2. The van der Waals surface area contributed by atoms with E-state index in [9.17, 15) is 4.79 Å². The van der Waals surface area contributed by atoms with Crippen LogP contribution in [-0.2, 0) is 6.42 Å². The van der Waals surface area contributed by atoms with E-state index in [0.29, 0.717) is 24.3 Å². The van der Waals surface area contributed by atoms with Gasteiger partial charge < -0.3 is 10.5 Å². The van der Waals surface area contributed by atoms with E-state index < -0.39 is 0 Å². The average molecular weight is 286 g/mol. The third-order valence-corrected chi connectivity index (χ3v) is 2.85. The van der Waals surface area contributed by atoms with Crippen LogP contribution in [0.15, 0.2) is 16.6 Å². The summed E-state index contributed by atoms with van der Waals surface area (Å²) < 4.78 is 6.20. The summed E-state index contributed by atoms with van der Waals surface area (Å²) in [6, 6.07) is 3.76. The van der Waals surface area contributed by atoms with Gasteiger partial charge in [0.05, 0.1) is 12.7 Å². The normalized spacial score (nSPS) is 10.2. The van der Waals surface area contributed by atoms with E-state index >= 15 is 0 Å². The molecule has 0 unspecified atom stereocenters. The van der Waals surface area contributed by atoms with Crippen molar-refractivity contribution >= 4 is 21.7 Å². The Morgan fingerprint density at radius 1 is 1.50 bits per heavy atom. The molecule has 1 aromatic carbocycles. The van der Waals surface area contributed by atoms with Crippen molar-refractivity contribution in [2.24, 2.45) is 5.73 Å². The smallest absolute Gasteiger partial charge is 0.167 e. The number of aryl methyl sites for hydroxylation is 1. The number of hydrogen-bond donors (Lipinski definition) is 1. The van der Waals surface area contributed by atoms with Crippen LogP contribution in [0.5, 0.6) is 5.75 Å². The maximum atomic E-state index is 11.9. The van der Waals surface area contributed by atoms with Gasteiger partial charge in [-0.05, 0) is 30.7 Å². The van der Waals surface area contributed by atoms with Gasteiger partial charge in [0, 0.05) is 10.9 Å². The van der Waals surface area contributed by atoms with Crippen LogP contribution in [-0.4, -0.2) is 19.4 Å². The quantitative estimate of drug-likeness (QED) is 0.846. The number of rotatable bonds is 5. The Balaban J connectivity index is 3.24. The van der Waals surface area contributed by atoms with Gasteiger partial charge in [-0.15, -0.1) is 0 Å². The standard InChI is InChI=1S/C12H16BrNO2/c1-3-8-6-9(13)7-10(12(8)16-2)11(15)4-5-14/h6-7H,3-5,14H2,1-2H3. The number of carbonyl (C=O) groups is 1. The van der Waals surface area contributed by atoms with E-state index in [4.69, 9.17) is 10.5 Å². The lowest BCUT2D eigenvalue weighted by Gasteiger charge is -2.12. The van der Waals surface area contributed by atoms with Crippen LogP contribution < -0.4 is 10.5 Å². The number of Topliss-reactive ketones (excluding diaryl/α,β-unsaturated/α-hetero) is 1. The molecular formula is C12H16BrNO2. The zero-order valence-corrected chi connectivity index (χ0v) is 11.1. The first-order chi connectivity index (χ1) is 7.63. The van der Waals surface area contributed by atoms with Gasteiger partial charge in [0.15, 0.2) is 5.78 Å². The molecule has 88 valence electrons. The summed E-state index contributed by atoms with van der Waals surface area (Å²) in [4.78, 5) is 11.9. The molecule has 2 N–H and O–H groups in total. The molecule has 4 heteroatoms. The number of carbonyl (C=O) groups excluding carboxylic acids is 1. The molecule has 0 aliphatic heterocycles. The Morgan fingerprint density at radius 2 is 2.19 bits per heavy atom. The summed E-state index contributed by atoms with van der Waals surface area (Å²) in [6.45, 7) is 2.39. The molecule has 0 aliphatic rings. The zero-order valence-electron chi connectivity index (χ0n) is 9.55. The molecule has 1 aromatic rings. The van der Waals surface area contributed by atoms with Crippen LogP contribution in [0.4, 0.5) is 0 Å². The molecular weight excluding hydrogens is 270 g/mol. The number of halogens is 1. The summed E-state index contributed by atoms with van der Waals surface area (Å²) in [5, 5.41) is 0. The van der Waals surface area contributed by atoms with Crippen molar-refractivity contribution in [3.63, 3.8) is 0 Å². The number of hydrogen-bond acceptors (Lipinski definition) is 3. The fourth-order valence-electron chi connectivity index (χ4n) is 1.63. The minimum atomic E-state index is 0.0235. The summed E-state index contributed by atoms with van der Waals surface area (Å²) in [6.07, 6.45) is 1.17. The lowest BCUT2D eigenvalue weighted by molar-refractivity contribution is 0.0982. The number of methoxy groups -OCH3 is 1. The lowest BCUT2D eigenvalue weighted by Crippen LogP contribution is -2.10. The van der Waals surface area contributed by atoms with Gasteiger partial charge in [-0.3, -0.25) is 4.79 Å². The number of benzene rings is 1. The highest BCUT2D eigenvalue weighted by Gasteiger charge is 2.15. The van der Waals surface area contributed by atoms with Crippen molar-refractivity contribution in [3.05, 3.63) is 27.7 Å². The highest BCUT2D eigenvalue weighted by molar-refractivity contribution is 9.10. The Morgan fingerprint density at radius 3 is 2.69 bits per heavy atom. The number of ketones is 1. The van der Waals surface area contributed by atoms with Crippen molar-refractivity contribution in [2.45, 2.75) is 19.8 Å². The number of ether oxygens (including phenoxy) is 1. The van der Waals surface area contributed by atoms with Crippen molar-refractivity contribution < 1.29 is 9.53 Å². The van der Waals surface area contributed by atoms with Crippen LogP contribution >= 0.6 is 15.9 Å². The molecule has 16 heavy (non-hydrogen) atoms. The fraction of sp³-hybridized carbons (Fsp3) is 0.417. The van der Waals surface area contributed by atoms with E-state index in [1.165, 1.54) is 0 Å². The minimum absolute atomic E-state index is 0.0235. The van der Waals surface area contributed by atoms with E-state index in [1.54, 1.807) is 13.2 Å². The van der Waals surface area contributed by atoms with Gasteiger partial charge in [0.1, 0.15) is 5.75 Å². The second-order valence-electron chi connectivity index (χ2n) is 3.46. The van der Waals surface area contributed by atoms with E-state index in [-0.39, 0.29) is 5.78 Å². The van der Waals surface area contributed by atoms with Gasteiger partial charge in [0.25, 0.3) is 0 Å². The van der Waals surface area contributed by atoms with Crippen molar-refractivity contribution in [3.8, 4) is 5.75 Å². The Kier molecular flexibility index (Phi) is 4.96. The fourth-order valence-corrected chi connectivity index (χ4v) is 2.13. The van der Waals surface area contributed by atoms with E-state index in [0.717, 1.165) is 16.5 Å². The van der Waals surface area contributed by atoms with Crippen LogP contribution in [0.2, 0.25) is 0 Å². The SMILES string of the molecule is CCc1cc(Br)cc(C(=O)CCN)c1OC. The Bertz CT molecular complexity index is 391. The highest BCUT2D eigenvalue weighted by atomic mass is 79.9. The van der Waals surface area contributed by atoms with Crippen LogP contribution in [0, 0.1) is 0 Å². The zero-order chi connectivity index (χ0) is 12.1. The van der Waals surface area contributed by atoms with Crippen LogP contribution in [0.1, 0.15) is 29.3 Å². The maximum absolute atomic E-state index is 11.9. The van der Waals surface area contributed by atoms with Crippen LogP contribution in [0.25, 0.3) is 0 Å². The second-order valence-corrected chi connectivity index (χ2v) is 4.38. The molecule has 0 heterocycles. The second kappa shape index (κ2) is 6.01. The summed E-state index contributed by atoms with van der Waals surface area (Å²) in [5.41, 5.74) is 7.03. The number of nitrogens with two attached hydrogens (primary N) is 1. The maximum Gasteiger partial charge on any atom is 0.167 e. The predicted octanol–water partition coefficient (Wildman–Crippen LogP) is 2.55. The minimum Gasteiger partial charge on any atom is -0.496 e. The third kappa shape index (κ3) is 2.83. The molecule has 0 fully saturated rings. The predicted molar refractivity (Wildman–Crippen MR) is 68.1 cm³/mol. The topological polar surface area (TPSA) is 52.3 Å². The summed E-state index contributed by atoms with van der Waals surface area (Å²) >= 11 is 3.40. The average Bonchev–Trinajstić information content (AvgIpc) is 2.28. The lowest BCUT2D eigenvalue weighted by atomic mass is 10.0. The molecule has 0 amide bonds. The van der Waals surface area contributed by atoms with Gasteiger partial charge in [-0.1, -0.05) is 22.9 Å². The monoisotopic (exact) mass is 285 g/mol. The largest absolute Gasteiger partial charge is 0.496 e. The van der Waals surface area contributed by atoms with Gasteiger partial charge in [-0.2, -0.15) is 0 Å². The Labute approximate surface area is 104 Å². The third-order valence-electron chi connectivity index (χ3n) is 2.39. The van der Waals surface area contributed by atoms with Crippen molar-refractivity contribution in [2.75, 3.05) is 13.7 Å². The molecule has 0 saturated heterocycles. The molecule has 1 rings (SSSR count). The summed E-state index contributed by atoms with van der Waals surface area (Å²) in [5.74, 6) is 0.694. The van der Waals surface area contributed by atoms with E-state index in [2.05, 4.69) is 15.9 Å². The van der Waals surface area contributed by atoms with E-state index in [1.807, 2.05) is 13.0 Å². The molecule has 0 aromatic heterocycles. The highest BCUT2D eigenvalue weighted by Crippen LogP contribution is 2.29. The first-order valence-corrected chi connectivity index (χ1v) is 6.03. The van der Waals surface area contributed by atoms with Gasteiger partial charge in [0.2, 0.25) is 0 Å².